The lowest BCUT2D eigenvalue weighted by Crippen LogP contribution is -2.32. The van der Waals surface area contributed by atoms with Gasteiger partial charge in [0.05, 0.1) is 10.9 Å². The molecule has 9 heteroatoms. The van der Waals surface area contributed by atoms with Gasteiger partial charge in [-0.2, -0.15) is 0 Å². The van der Waals surface area contributed by atoms with E-state index in [2.05, 4.69) is 20.3 Å². The molecular formula is C25H23N5O4. The van der Waals surface area contributed by atoms with Gasteiger partial charge in [-0.3, -0.25) is 24.1 Å². The number of aromatic nitrogens is 4. The van der Waals surface area contributed by atoms with Crippen LogP contribution >= 0.6 is 0 Å². The summed E-state index contributed by atoms with van der Waals surface area (Å²) in [4.78, 5) is 49.3. The third-order valence-corrected chi connectivity index (χ3v) is 5.75. The summed E-state index contributed by atoms with van der Waals surface area (Å²) in [5.41, 5.74) is 1.43. The molecule has 4 aromatic rings. The molecule has 3 aromatic heterocycles. The Bertz CT molecular complexity index is 1490. The molecule has 1 aromatic carbocycles. The topological polar surface area (TPSA) is 119 Å². The van der Waals surface area contributed by atoms with Crippen LogP contribution in [0.1, 0.15) is 47.3 Å². The number of rotatable bonds is 7. The normalized spacial score (nSPS) is 13.1. The van der Waals surface area contributed by atoms with Crippen LogP contribution in [-0.4, -0.2) is 25.4 Å². The molecule has 5 rings (SSSR count). The van der Waals surface area contributed by atoms with Crippen LogP contribution in [0.4, 0.5) is 5.69 Å². The number of hydrogen-bond donors (Lipinski definition) is 2. The third kappa shape index (κ3) is 4.32. The lowest BCUT2D eigenvalue weighted by atomic mass is 10.1. The van der Waals surface area contributed by atoms with E-state index in [9.17, 15) is 14.4 Å². The maximum absolute atomic E-state index is 13.3. The van der Waals surface area contributed by atoms with Gasteiger partial charge < -0.3 is 10.1 Å². The second-order valence-electron chi connectivity index (χ2n) is 8.20. The first kappa shape index (κ1) is 21.6. The van der Waals surface area contributed by atoms with E-state index in [-0.39, 0.29) is 22.5 Å². The summed E-state index contributed by atoms with van der Waals surface area (Å²) in [6, 6.07) is 12.4. The number of aromatic amines is 1. The summed E-state index contributed by atoms with van der Waals surface area (Å²) in [7, 11) is 0. The predicted molar refractivity (Wildman–Crippen MR) is 127 cm³/mol. The molecule has 0 atom stereocenters. The van der Waals surface area contributed by atoms with Crippen LogP contribution < -0.4 is 21.3 Å². The number of fused-ring (bicyclic) bond motifs is 1. The number of amides is 1. The number of carbonyl (C=O) groups is 1. The molecule has 0 unspecified atom stereocenters. The molecule has 1 aliphatic carbocycles. The first-order valence-corrected chi connectivity index (χ1v) is 11.1. The van der Waals surface area contributed by atoms with Crippen molar-refractivity contribution in [2.75, 3.05) is 5.32 Å². The quantitative estimate of drug-likeness (QED) is 0.440. The molecule has 0 radical (unpaired) electrons. The molecule has 34 heavy (non-hydrogen) atoms. The monoisotopic (exact) mass is 457 g/mol. The minimum atomic E-state index is -0.627. The van der Waals surface area contributed by atoms with Crippen molar-refractivity contribution in [1.82, 2.24) is 19.5 Å². The summed E-state index contributed by atoms with van der Waals surface area (Å²) in [6.07, 6.45) is 5.36. The summed E-state index contributed by atoms with van der Waals surface area (Å²) >= 11 is 0. The molecule has 2 N–H and O–H groups in total. The van der Waals surface area contributed by atoms with Crippen molar-refractivity contribution in [1.29, 1.82) is 0 Å². The number of hydrogen-bond acceptors (Lipinski definition) is 6. The molecular weight excluding hydrogens is 434 g/mol. The van der Waals surface area contributed by atoms with Crippen LogP contribution in [0.2, 0.25) is 0 Å². The molecule has 1 fully saturated rings. The van der Waals surface area contributed by atoms with Gasteiger partial charge in [-0.25, -0.2) is 9.78 Å². The van der Waals surface area contributed by atoms with E-state index in [0.29, 0.717) is 24.6 Å². The SMILES string of the molecule is CCn1c(=O)[nH]c(=O)c2c(C(=O)Nc3cccc(OCc4cccnc4)c3)cc(C3CC3)nc21. The van der Waals surface area contributed by atoms with Crippen molar-refractivity contribution in [2.45, 2.75) is 38.8 Å². The van der Waals surface area contributed by atoms with E-state index in [1.165, 1.54) is 4.57 Å². The number of nitrogens with zero attached hydrogens (tertiary/aromatic N) is 3. The fraction of sp³-hybridized carbons (Fsp3) is 0.240. The number of benzene rings is 1. The van der Waals surface area contributed by atoms with Crippen molar-refractivity contribution >= 4 is 22.6 Å². The molecule has 172 valence electrons. The van der Waals surface area contributed by atoms with Gasteiger partial charge >= 0.3 is 5.69 Å². The number of anilines is 1. The average Bonchev–Trinajstić information content (AvgIpc) is 3.69. The van der Waals surface area contributed by atoms with Crippen LogP contribution in [0.15, 0.2) is 64.4 Å². The third-order valence-electron chi connectivity index (χ3n) is 5.75. The van der Waals surface area contributed by atoms with Crippen molar-refractivity contribution in [3.63, 3.8) is 0 Å². The molecule has 0 saturated heterocycles. The van der Waals surface area contributed by atoms with Gasteiger partial charge in [0.2, 0.25) is 0 Å². The average molecular weight is 457 g/mol. The van der Waals surface area contributed by atoms with Crippen LogP contribution in [0.25, 0.3) is 11.0 Å². The number of aryl methyl sites for hydroxylation is 1. The molecule has 1 amide bonds. The Hall–Kier alpha value is -4.27. The van der Waals surface area contributed by atoms with Gasteiger partial charge in [-0.1, -0.05) is 12.1 Å². The lowest BCUT2D eigenvalue weighted by molar-refractivity contribution is 0.102. The van der Waals surface area contributed by atoms with Crippen molar-refractivity contribution < 1.29 is 9.53 Å². The van der Waals surface area contributed by atoms with Crippen molar-refractivity contribution in [3.8, 4) is 5.75 Å². The summed E-state index contributed by atoms with van der Waals surface area (Å²) in [5.74, 6) is 0.364. The Kier molecular flexibility index (Phi) is 5.67. The Labute approximate surface area is 194 Å². The second kappa shape index (κ2) is 8.93. The first-order chi connectivity index (χ1) is 16.5. The Morgan fingerprint density at radius 3 is 2.79 bits per heavy atom. The molecule has 1 aliphatic rings. The zero-order chi connectivity index (χ0) is 23.7. The van der Waals surface area contributed by atoms with E-state index in [1.807, 2.05) is 12.1 Å². The Balaban J connectivity index is 1.47. The van der Waals surface area contributed by atoms with Gasteiger partial charge in [-0.05, 0) is 44.0 Å². The highest BCUT2D eigenvalue weighted by Gasteiger charge is 2.28. The first-order valence-electron chi connectivity index (χ1n) is 11.1. The predicted octanol–water partition coefficient (Wildman–Crippen LogP) is 3.21. The summed E-state index contributed by atoms with van der Waals surface area (Å²) < 4.78 is 7.20. The molecule has 0 bridgehead atoms. The summed E-state index contributed by atoms with van der Waals surface area (Å²) in [6.45, 7) is 2.46. The molecule has 3 heterocycles. The van der Waals surface area contributed by atoms with Gasteiger partial charge in [0, 0.05) is 47.9 Å². The largest absolute Gasteiger partial charge is 0.489 e. The standard InChI is InChI=1S/C25H23N5O4/c1-2-30-22-21(24(32)29-25(30)33)19(12-20(28-22)16-8-9-16)23(31)27-17-6-3-7-18(11-17)34-14-15-5-4-10-26-13-15/h3-7,10-13,16H,2,8-9,14H2,1H3,(H,27,31)(H,29,32,33). The molecule has 0 aliphatic heterocycles. The van der Waals surface area contributed by atoms with E-state index in [1.54, 1.807) is 49.6 Å². The van der Waals surface area contributed by atoms with Crippen molar-refractivity contribution in [3.05, 3.63) is 92.5 Å². The van der Waals surface area contributed by atoms with E-state index >= 15 is 0 Å². The molecule has 9 nitrogen and oxygen atoms in total. The van der Waals surface area contributed by atoms with Crippen molar-refractivity contribution in [2.24, 2.45) is 0 Å². The summed E-state index contributed by atoms with van der Waals surface area (Å²) in [5, 5.41) is 2.96. The highest BCUT2D eigenvalue weighted by molar-refractivity contribution is 6.11. The highest BCUT2D eigenvalue weighted by atomic mass is 16.5. The van der Waals surface area contributed by atoms with E-state index < -0.39 is 17.2 Å². The van der Waals surface area contributed by atoms with E-state index in [0.717, 1.165) is 24.1 Å². The smallest absolute Gasteiger partial charge is 0.329 e. The van der Waals surface area contributed by atoms with Gasteiger partial charge in [-0.15, -0.1) is 0 Å². The van der Waals surface area contributed by atoms with Crippen LogP contribution in [0.5, 0.6) is 5.75 Å². The number of ether oxygens (including phenoxy) is 1. The maximum atomic E-state index is 13.3. The van der Waals surface area contributed by atoms with Gasteiger partial charge in [0.1, 0.15) is 12.4 Å². The maximum Gasteiger partial charge on any atom is 0.329 e. The lowest BCUT2D eigenvalue weighted by Gasteiger charge is -2.13. The van der Waals surface area contributed by atoms with Gasteiger partial charge in [0.15, 0.2) is 5.65 Å². The minimum absolute atomic E-state index is 0.104. The number of pyridine rings is 2. The van der Waals surface area contributed by atoms with Crippen LogP contribution in [0, 0.1) is 0 Å². The number of H-pyrrole nitrogens is 1. The minimum Gasteiger partial charge on any atom is -0.489 e. The fourth-order valence-corrected chi connectivity index (χ4v) is 3.87. The zero-order valence-electron chi connectivity index (χ0n) is 18.6. The number of carbonyl (C=O) groups excluding carboxylic acids is 1. The van der Waals surface area contributed by atoms with Gasteiger partial charge in [0.25, 0.3) is 11.5 Å². The van der Waals surface area contributed by atoms with E-state index in [4.69, 9.17) is 4.74 Å². The second-order valence-corrected chi connectivity index (χ2v) is 8.20. The Morgan fingerprint density at radius 1 is 1.21 bits per heavy atom. The Morgan fingerprint density at radius 2 is 2.06 bits per heavy atom. The van der Waals surface area contributed by atoms with Crippen LogP contribution in [0.3, 0.4) is 0 Å². The molecule has 1 saturated carbocycles. The van der Waals surface area contributed by atoms with Crippen LogP contribution in [-0.2, 0) is 13.2 Å². The fourth-order valence-electron chi connectivity index (χ4n) is 3.87. The number of nitrogens with one attached hydrogen (secondary N) is 2. The molecule has 0 spiro atoms. The zero-order valence-corrected chi connectivity index (χ0v) is 18.6. The highest BCUT2D eigenvalue weighted by Crippen LogP contribution is 2.40.